The van der Waals surface area contributed by atoms with E-state index < -0.39 is 0 Å². The van der Waals surface area contributed by atoms with Gasteiger partial charge in [0.2, 0.25) is 5.95 Å². The molecule has 23 heavy (non-hydrogen) atoms. The number of hydrogen-bond acceptors (Lipinski definition) is 6. The van der Waals surface area contributed by atoms with Gasteiger partial charge in [-0.15, -0.1) is 0 Å². The molecule has 0 saturated carbocycles. The standard InChI is InChI=1S/C16H17ClN6/c1-22(16-20-10-13(17)11-21-16)14-3-6-23(7-4-14)15-8-12(9-18)2-5-19-15/h2,5,8,10-11,14H,3-4,6-7H2,1H3. The van der Waals surface area contributed by atoms with Crippen LogP contribution in [0.3, 0.4) is 0 Å². The largest absolute Gasteiger partial charge is 0.356 e. The van der Waals surface area contributed by atoms with Gasteiger partial charge >= 0.3 is 0 Å². The fourth-order valence-electron chi connectivity index (χ4n) is 2.79. The van der Waals surface area contributed by atoms with Gasteiger partial charge in [-0.25, -0.2) is 15.0 Å². The van der Waals surface area contributed by atoms with Gasteiger partial charge in [0.15, 0.2) is 0 Å². The lowest BCUT2D eigenvalue weighted by Gasteiger charge is -2.37. The summed E-state index contributed by atoms with van der Waals surface area (Å²) >= 11 is 5.83. The minimum Gasteiger partial charge on any atom is -0.356 e. The zero-order chi connectivity index (χ0) is 16.2. The van der Waals surface area contributed by atoms with Crippen molar-refractivity contribution in [2.24, 2.45) is 0 Å². The van der Waals surface area contributed by atoms with Crippen molar-refractivity contribution in [3.05, 3.63) is 41.3 Å². The van der Waals surface area contributed by atoms with Crippen LogP contribution in [0.25, 0.3) is 0 Å². The van der Waals surface area contributed by atoms with E-state index in [2.05, 4.69) is 30.8 Å². The predicted octanol–water partition coefficient (Wildman–Crippen LogP) is 2.50. The third kappa shape index (κ3) is 3.51. The first-order valence-corrected chi connectivity index (χ1v) is 7.86. The summed E-state index contributed by atoms with van der Waals surface area (Å²) in [6, 6.07) is 6.10. The minimum absolute atomic E-state index is 0.381. The predicted molar refractivity (Wildman–Crippen MR) is 89.6 cm³/mol. The van der Waals surface area contributed by atoms with E-state index in [1.807, 2.05) is 13.1 Å². The number of piperidine rings is 1. The van der Waals surface area contributed by atoms with Gasteiger partial charge in [0.25, 0.3) is 0 Å². The Hall–Kier alpha value is -2.39. The molecule has 0 aromatic carbocycles. The van der Waals surface area contributed by atoms with Gasteiger partial charge in [0.05, 0.1) is 29.0 Å². The van der Waals surface area contributed by atoms with Gasteiger partial charge in [-0.05, 0) is 25.0 Å². The minimum atomic E-state index is 0.381. The first-order chi connectivity index (χ1) is 11.2. The molecule has 118 valence electrons. The second-order valence-corrected chi connectivity index (χ2v) is 5.98. The van der Waals surface area contributed by atoms with E-state index in [4.69, 9.17) is 16.9 Å². The molecule has 6 nitrogen and oxygen atoms in total. The first-order valence-electron chi connectivity index (χ1n) is 7.49. The quantitative estimate of drug-likeness (QED) is 0.862. The maximum Gasteiger partial charge on any atom is 0.225 e. The van der Waals surface area contributed by atoms with Crippen LogP contribution in [0.5, 0.6) is 0 Å². The fraction of sp³-hybridized carbons (Fsp3) is 0.375. The molecule has 1 aliphatic heterocycles. The maximum atomic E-state index is 8.99. The monoisotopic (exact) mass is 328 g/mol. The van der Waals surface area contributed by atoms with Gasteiger partial charge < -0.3 is 9.80 Å². The normalized spacial score (nSPS) is 15.3. The van der Waals surface area contributed by atoms with E-state index in [1.54, 1.807) is 24.7 Å². The van der Waals surface area contributed by atoms with Crippen molar-refractivity contribution >= 4 is 23.4 Å². The van der Waals surface area contributed by atoms with Crippen LogP contribution in [-0.2, 0) is 0 Å². The molecule has 3 rings (SSSR count). The Bertz CT molecular complexity index is 703. The highest BCUT2D eigenvalue weighted by atomic mass is 35.5. The van der Waals surface area contributed by atoms with Crippen LogP contribution in [0, 0.1) is 11.3 Å². The summed E-state index contributed by atoms with van der Waals surface area (Å²) in [5.41, 5.74) is 0.642. The number of pyridine rings is 1. The molecule has 0 radical (unpaired) electrons. The third-order valence-corrected chi connectivity index (χ3v) is 4.33. The molecule has 0 spiro atoms. The fourth-order valence-corrected chi connectivity index (χ4v) is 2.89. The van der Waals surface area contributed by atoms with Gasteiger partial charge in [-0.3, -0.25) is 0 Å². The summed E-state index contributed by atoms with van der Waals surface area (Å²) in [6.07, 6.45) is 6.90. The van der Waals surface area contributed by atoms with Crippen molar-refractivity contribution in [3.8, 4) is 6.07 Å². The van der Waals surface area contributed by atoms with E-state index in [1.165, 1.54) is 0 Å². The first kappa shape index (κ1) is 15.5. The molecular weight excluding hydrogens is 312 g/mol. The van der Waals surface area contributed by atoms with Gasteiger partial charge in [0, 0.05) is 32.4 Å². The van der Waals surface area contributed by atoms with E-state index in [0.717, 1.165) is 31.7 Å². The average molecular weight is 329 g/mol. The summed E-state index contributed by atoms with van der Waals surface area (Å²) in [4.78, 5) is 17.2. The SMILES string of the molecule is CN(c1ncc(Cl)cn1)C1CCN(c2cc(C#N)ccn2)CC1. The Labute approximate surface area is 140 Å². The highest BCUT2D eigenvalue weighted by molar-refractivity contribution is 6.30. The number of nitrogens with zero attached hydrogens (tertiary/aromatic N) is 6. The zero-order valence-corrected chi connectivity index (χ0v) is 13.6. The summed E-state index contributed by atoms with van der Waals surface area (Å²) in [5, 5.41) is 9.54. The average Bonchev–Trinajstić information content (AvgIpc) is 2.62. The smallest absolute Gasteiger partial charge is 0.225 e. The molecule has 7 heteroatoms. The number of rotatable bonds is 3. The van der Waals surface area contributed by atoms with Gasteiger partial charge in [0.1, 0.15) is 5.82 Å². The molecule has 2 aromatic heterocycles. The van der Waals surface area contributed by atoms with E-state index in [0.29, 0.717) is 22.6 Å². The summed E-state index contributed by atoms with van der Waals surface area (Å²) in [7, 11) is 2.01. The summed E-state index contributed by atoms with van der Waals surface area (Å²) in [6.45, 7) is 1.79. The van der Waals surface area contributed by atoms with Crippen LogP contribution >= 0.6 is 11.6 Å². The molecule has 1 saturated heterocycles. The van der Waals surface area contributed by atoms with E-state index >= 15 is 0 Å². The second kappa shape index (κ2) is 6.80. The van der Waals surface area contributed by atoms with Crippen LogP contribution in [0.1, 0.15) is 18.4 Å². The van der Waals surface area contributed by atoms with Crippen molar-refractivity contribution in [1.29, 1.82) is 5.26 Å². The highest BCUT2D eigenvalue weighted by Gasteiger charge is 2.24. The maximum absolute atomic E-state index is 8.99. The topological polar surface area (TPSA) is 68.9 Å². The molecular formula is C16H17ClN6. The van der Waals surface area contributed by atoms with Crippen LogP contribution in [-0.4, -0.2) is 41.1 Å². The molecule has 0 bridgehead atoms. The second-order valence-electron chi connectivity index (χ2n) is 5.54. The van der Waals surface area contributed by atoms with Crippen molar-refractivity contribution in [2.75, 3.05) is 29.9 Å². The Morgan fingerprint density at radius 3 is 2.61 bits per heavy atom. The molecule has 2 aromatic rings. The van der Waals surface area contributed by atoms with Gasteiger partial charge in [-0.2, -0.15) is 5.26 Å². The lowest BCUT2D eigenvalue weighted by molar-refractivity contribution is 0.475. The number of hydrogen-bond donors (Lipinski definition) is 0. The lowest BCUT2D eigenvalue weighted by Crippen LogP contribution is -2.44. The van der Waals surface area contributed by atoms with Crippen LogP contribution < -0.4 is 9.80 Å². The molecule has 0 atom stereocenters. The Kier molecular flexibility index (Phi) is 4.58. The van der Waals surface area contributed by atoms with Crippen molar-refractivity contribution in [1.82, 2.24) is 15.0 Å². The molecule has 1 aliphatic rings. The van der Waals surface area contributed by atoms with E-state index in [-0.39, 0.29) is 0 Å². The molecule has 0 aliphatic carbocycles. The van der Waals surface area contributed by atoms with Crippen LogP contribution in [0.2, 0.25) is 5.02 Å². The molecule has 1 fully saturated rings. The number of nitriles is 1. The number of aromatic nitrogens is 3. The van der Waals surface area contributed by atoms with Crippen LogP contribution in [0.4, 0.5) is 11.8 Å². The number of anilines is 2. The van der Waals surface area contributed by atoms with Crippen molar-refractivity contribution < 1.29 is 0 Å². The Balaban J connectivity index is 1.63. The Morgan fingerprint density at radius 2 is 1.96 bits per heavy atom. The zero-order valence-electron chi connectivity index (χ0n) is 12.9. The van der Waals surface area contributed by atoms with E-state index in [9.17, 15) is 0 Å². The third-order valence-electron chi connectivity index (χ3n) is 4.13. The highest BCUT2D eigenvalue weighted by Crippen LogP contribution is 2.23. The van der Waals surface area contributed by atoms with Crippen molar-refractivity contribution in [3.63, 3.8) is 0 Å². The molecule has 3 heterocycles. The molecule has 0 N–H and O–H groups in total. The number of halogens is 1. The van der Waals surface area contributed by atoms with Crippen LogP contribution in [0.15, 0.2) is 30.7 Å². The summed E-state index contributed by atoms with van der Waals surface area (Å²) < 4.78 is 0. The summed E-state index contributed by atoms with van der Waals surface area (Å²) in [5.74, 6) is 1.56. The van der Waals surface area contributed by atoms with Gasteiger partial charge in [-0.1, -0.05) is 11.6 Å². The molecule has 0 amide bonds. The Morgan fingerprint density at radius 1 is 1.26 bits per heavy atom. The molecule has 0 unspecified atom stereocenters. The van der Waals surface area contributed by atoms with Crippen molar-refractivity contribution in [2.45, 2.75) is 18.9 Å². The lowest BCUT2D eigenvalue weighted by atomic mass is 10.0.